The summed E-state index contributed by atoms with van der Waals surface area (Å²) in [5, 5.41) is 1.71. The van der Waals surface area contributed by atoms with Crippen LogP contribution in [0.25, 0.3) is 0 Å². The summed E-state index contributed by atoms with van der Waals surface area (Å²) in [6.45, 7) is 47.7. The molecule has 0 N–H and O–H groups in total. The van der Waals surface area contributed by atoms with Gasteiger partial charge in [-0.15, -0.1) is 0 Å². The number of piperidine rings is 1. The molecule has 1 fully saturated rings. The van der Waals surface area contributed by atoms with Gasteiger partial charge < -0.3 is 0 Å². The molecule has 1 aliphatic heterocycles. The molecule has 0 unspecified atom stereocenters. The molecule has 0 aromatic rings. The summed E-state index contributed by atoms with van der Waals surface area (Å²) in [6.07, 6.45) is 4.15. The van der Waals surface area contributed by atoms with E-state index >= 15 is 0 Å². The van der Waals surface area contributed by atoms with Gasteiger partial charge in [-0.3, -0.25) is 0 Å². The molecule has 0 aliphatic carbocycles. The fourth-order valence-corrected chi connectivity index (χ4v) is 98.4. The van der Waals surface area contributed by atoms with E-state index in [2.05, 4.69) is 128 Å². The Balaban J connectivity index is 4.27. The van der Waals surface area contributed by atoms with Gasteiger partial charge in [0.1, 0.15) is 0 Å². The van der Waals surface area contributed by atoms with E-state index in [-0.39, 0.29) is 14.5 Å². The van der Waals surface area contributed by atoms with Gasteiger partial charge in [0.25, 0.3) is 0 Å². The van der Waals surface area contributed by atoms with Gasteiger partial charge in [0.05, 0.1) is 0 Å². The maximum absolute atomic E-state index is 3.17. The number of rotatable bonds is 3. The van der Waals surface area contributed by atoms with E-state index < -0.39 is 21.1 Å². The Morgan fingerprint density at radius 1 is 0.594 bits per heavy atom. The van der Waals surface area contributed by atoms with Crippen LogP contribution >= 0.6 is 0 Å². The zero-order valence-electron chi connectivity index (χ0n) is 25.6. The predicted molar refractivity (Wildman–Crippen MR) is 157 cm³/mol. The Bertz CT molecular complexity index is 625. The van der Waals surface area contributed by atoms with E-state index in [1.165, 1.54) is 19.3 Å². The molecule has 0 bridgehead atoms. The molecule has 1 aliphatic rings. The van der Waals surface area contributed by atoms with Gasteiger partial charge in [-0.1, -0.05) is 0 Å². The van der Waals surface area contributed by atoms with E-state index in [4.69, 9.17) is 0 Å². The molecule has 0 saturated carbocycles. The van der Waals surface area contributed by atoms with Crippen molar-refractivity contribution in [3.05, 3.63) is 0 Å². The third-order valence-electron chi connectivity index (χ3n) is 10.0. The van der Waals surface area contributed by atoms with Crippen molar-refractivity contribution in [1.82, 2.24) is 3.86 Å². The van der Waals surface area contributed by atoms with Crippen LogP contribution in [0.4, 0.5) is 0 Å². The molecule has 1 radical (unpaired) electrons. The fourth-order valence-electron chi connectivity index (χ4n) is 6.88. The zero-order chi connectivity index (χ0) is 26.0. The van der Waals surface area contributed by atoms with Crippen LogP contribution in [0.3, 0.4) is 0 Å². The van der Waals surface area contributed by atoms with Crippen molar-refractivity contribution in [2.45, 2.75) is 174 Å². The predicted octanol–water partition coefficient (Wildman–Crippen LogP) is 9.15. The van der Waals surface area contributed by atoms with Crippen LogP contribution < -0.4 is 0 Å². The van der Waals surface area contributed by atoms with E-state index in [0.29, 0.717) is 31.2 Å². The number of nitrogens with zero attached hydrogens (tertiary/aromatic N) is 1. The first-order valence-electron chi connectivity index (χ1n) is 13.1. The molecule has 0 spiro atoms. The second-order valence-corrected chi connectivity index (χ2v) is 50.3. The van der Waals surface area contributed by atoms with Crippen molar-refractivity contribution >= 4 is 35.6 Å². The van der Waals surface area contributed by atoms with Gasteiger partial charge in [0, 0.05) is 0 Å². The van der Waals surface area contributed by atoms with Gasteiger partial charge in [0.2, 0.25) is 0 Å². The Kier molecular flexibility index (Phi) is 8.56. The standard InChI is InChI=1S/C27H60GeNSi3/c1-22(2,3)31(17,23(4,5)6)30(32(18,24(7,8)9)25(10,11)12)28-29-26(13,14)20-19-21-27(29,15)16/h19-21H2,1-18H3. The van der Waals surface area contributed by atoms with E-state index in [9.17, 15) is 0 Å². The van der Waals surface area contributed by atoms with Crippen molar-refractivity contribution in [3.63, 3.8) is 0 Å². The van der Waals surface area contributed by atoms with Gasteiger partial charge in [-0.05, 0) is 0 Å². The van der Waals surface area contributed by atoms with Crippen LogP contribution in [-0.2, 0) is 0 Å². The minimum absolute atomic E-state index is 0.219. The average Bonchev–Trinajstić information content (AvgIpc) is 2.47. The molecule has 189 valence electrons. The molecule has 5 heteroatoms. The normalized spacial score (nSPS) is 20.9. The molecular weight excluding hydrogens is 495 g/mol. The summed E-state index contributed by atoms with van der Waals surface area (Å²) in [5.41, 5.74) is 0.710. The average molecular weight is 556 g/mol. The van der Waals surface area contributed by atoms with Crippen molar-refractivity contribution in [1.29, 1.82) is 0 Å². The zero-order valence-corrected chi connectivity index (χ0v) is 30.7. The van der Waals surface area contributed by atoms with Crippen LogP contribution in [0.1, 0.15) is 130 Å². The van der Waals surface area contributed by atoms with Gasteiger partial charge in [0.15, 0.2) is 0 Å². The Labute approximate surface area is 213 Å². The summed E-state index contributed by atoms with van der Waals surface area (Å²) >= 11 is -0.219. The molecule has 1 heterocycles. The van der Waals surface area contributed by atoms with Crippen LogP contribution in [0, 0.1) is 0 Å². The van der Waals surface area contributed by atoms with Crippen LogP contribution in [-0.4, -0.2) is 50.5 Å². The molecule has 1 rings (SSSR count). The first-order chi connectivity index (χ1) is 13.7. The third-order valence-corrected chi connectivity index (χ3v) is 76.2. The molecule has 1 nitrogen and oxygen atoms in total. The van der Waals surface area contributed by atoms with Crippen molar-refractivity contribution in [3.8, 4) is 0 Å². The van der Waals surface area contributed by atoms with Crippen molar-refractivity contribution in [2.75, 3.05) is 0 Å². The second-order valence-electron chi connectivity index (χ2n) is 16.6. The monoisotopic (exact) mass is 556 g/mol. The summed E-state index contributed by atoms with van der Waals surface area (Å²) < 4.78 is 3.17. The Hall–Kier alpha value is 0.994. The third kappa shape index (κ3) is 5.23. The first kappa shape index (κ1) is 31.0. The van der Waals surface area contributed by atoms with Gasteiger partial charge in [-0.25, -0.2) is 0 Å². The summed E-state index contributed by atoms with van der Waals surface area (Å²) in [4.78, 5) is 0. The van der Waals surface area contributed by atoms with Crippen LogP contribution in [0.2, 0.25) is 33.2 Å². The molecule has 1 saturated heterocycles. The number of hydrogen-bond acceptors (Lipinski definition) is 1. The SMILES string of the molecule is CC1(C)CCCC(C)(C)[N]1[Ge]=[Si]([Si](C)(C(C)(C)C)C(C)(C)C)[Si](C)(C(C)(C)C)C(C)(C)C. The molecule has 0 amide bonds. The second kappa shape index (κ2) is 8.83. The summed E-state index contributed by atoms with van der Waals surface area (Å²) in [7, 11) is -3.34. The molecular formula is C27H60GeNSi3. The Morgan fingerprint density at radius 2 is 0.844 bits per heavy atom. The van der Waals surface area contributed by atoms with Crippen molar-refractivity contribution in [2.24, 2.45) is 0 Å². The summed E-state index contributed by atoms with van der Waals surface area (Å²) in [6, 6.07) is 0. The topological polar surface area (TPSA) is 3.24 Å². The van der Waals surface area contributed by atoms with E-state index in [0.717, 1.165) is 0 Å². The molecule has 32 heavy (non-hydrogen) atoms. The Morgan fingerprint density at radius 3 is 1.06 bits per heavy atom. The fraction of sp³-hybridized carbons (Fsp3) is 1.00. The minimum atomic E-state index is -1.67. The maximum atomic E-state index is 3.17. The van der Waals surface area contributed by atoms with Crippen LogP contribution in [0.5, 0.6) is 0 Å². The van der Waals surface area contributed by atoms with Gasteiger partial charge in [-0.2, -0.15) is 0 Å². The first-order valence-corrected chi connectivity index (χ1v) is 25.7. The van der Waals surface area contributed by atoms with Crippen LogP contribution in [0.15, 0.2) is 0 Å². The van der Waals surface area contributed by atoms with Crippen molar-refractivity contribution < 1.29 is 0 Å². The molecule has 0 aromatic heterocycles. The molecule has 0 aromatic carbocycles. The quantitative estimate of drug-likeness (QED) is 0.314. The molecule has 0 atom stereocenters. The van der Waals surface area contributed by atoms with E-state index in [1.54, 1.807) is 0 Å². The van der Waals surface area contributed by atoms with E-state index in [1.807, 2.05) is 0 Å². The number of hydrogen-bond donors (Lipinski definition) is 0. The summed E-state index contributed by atoms with van der Waals surface area (Å²) in [5.74, 6) is -0.559. The van der Waals surface area contributed by atoms with Gasteiger partial charge >= 0.3 is 214 Å².